The second-order valence-electron chi connectivity index (χ2n) is 4.50. The maximum atomic E-state index is 11.8. The molecule has 1 heterocycles. The molecule has 5 heteroatoms. The van der Waals surface area contributed by atoms with Gasteiger partial charge in [-0.3, -0.25) is 4.79 Å². The highest BCUT2D eigenvalue weighted by Crippen LogP contribution is 2.19. The van der Waals surface area contributed by atoms with Crippen molar-refractivity contribution in [2.45, 2.75) is 19.9 Å². The van der Waals surface area contributed by atoms with E-state index in [-0.39, 0.29) is 24.3 Å². The van der Waals surface area contributed by atoms with Crippen LogP contribution in [0.5, 0.6) is 0 Å². The Morgan fingerprint density at radius 2 is 2.11 bits per heavy atom. The molecule has 2 aromatic rings. The standard InChI is InChI=1S/C14H16N2O3/c1-9-3-5-11(6-4-9)12-7-13(19-16-12)14(18)15-10(2)8-17/h3-7,10,17H,8H2,1-2H3,(H,15,18). The largest absolute Gasteiger partial charge is 0.394 e. The predicted octanol–water partition coefficient (Wildman–Crippen LogP) is 1.76. The molecule has 1 aromatic carbocycles. The van der Waals surface area contributed by atoms with E-state index >= 15 is 0 Å². The molecule has 1 atom stereocenters. The van der Waals surface area contributed by atoms with E-state index in [1.54, 1.807) is 13.0 Å². The molecule has 1 amide bonds. The molecule has 0 aliphatic heterocycles. The van der Waals surface area contributed by atoms with Crippen molar-refractivity contribution >= 4 is 5.91 Å². The summed E-state index contributed by atoms with van der Waals surface area (Å²) in [5.41, 5.74) is 2.66. The fourth-order valence-electron chi connectivity index (χ4n) is 1.58. The summed E-state index contributed by atoms with van der Waals surface area (Å²) in [6.07, 6.45) is 0. The second-order valence-corrected chi connectivity index (χ2v) is 4.50. The molecule has 2 N–H and O–H groups in total. The number of aryl methyl sites for hydroxylation is 1. The first-order valence-corrected chi connectivity index (χ1v) is 6.05. The number of carbonyl (C=O) groups is 1. The molecule has 0 aliphatic carbocycles. The average molecular weight is 260 g/mol. The topological polar surface area (TPSA) is 75.4 Å². The lowest BCUT2D eigenvalue weighted by atomic mass is 10.1. The van der Waals surface area contributed by atoms with Crippen LogP contribution in [-0.2, 0) is 0 Å². The molecule has 0 spiro atoms. The first-order chi connectivity index (χ1) is 9.10. The molecule has 0 aliphatic rings. The smallest absolute Gasteiger partial charge is 0.290 e. The SMILES string of the molecule is Cc1ccc(-c2cc(C(=O)NC(C)CO)on2)cc1. The Morgan fingerprint density at radius 3 is 2.74 bits per heavy atom. The first-order valence-electron chi connectivity index (χ1n) is 6.05. The van der Waals surface area contributed by atoms with Crippen molar-refractivity contribution in [3.8, 4) is 11.3 Å². The van der Waals surface area contributed by atoms with Gasteiger partial charge in [0.25, 0.3) is 5.91 Å². The van der Waals surface area contributed by atoms with Crippen molar-refractivity contribution in [2.24, 2.45) is 0 Å². The molecule has 19 heavy (non-hydrogen) atoms. The van der Waals surface area contributed by atoms with Gasteiger partial charge in [-0.2, -0.15) is 0 Å². The maximum absolute atomic E-state index is 11.8. The van der Waals surface area contributed by atoms with E-state index in [1.807, 2.05) is 31.2 Å². The van der Waals surface area contributed by atoms with Crippen LogP contribution in [0.3, 0.4) is 0 Å². The van der Waals surface area contributed by atoms with Gasteiger partial charge in [0.1, 0.15) is 5.69 Å². The van der Waals surface area contributed by atoms with Gasteiger partial charge >= 0.3 is 0 Å². The van der Waals surface area contributed by atoms with Crippen molar-refractivity contribution in [3.05, 3.63) is 41.7 Å². The van der Waals surface area contributed by atoms with Gasteiger partial charge < -0.3 is 14.9 Å². The third-order valence-corrected chi connectivity index (χ3v) is 2.73. The van der Waals surface area contributed by atoms with Gasteiger partial charge in [-0.1, -0.05) is 35.0 Å². The van der Waals surface area contributed by atoms with Crippen molar-refractivity contribution in [3.63, 3.8) is 0 Å². The van der Waals surface area contributed by atoms with Gasteiger partial charge in [-0.25, -0.2) is 0 Å². The first kappa shape index (κ1) is 13.3. The van der Waals surface area contributed by atoms with E-state index in [1.165, 1.54) is 0 Å². The van der Waals surface area contributed by atoms with Crippen LogP contribution in [0.2, 0.25) is 0 Å². The highest BCUT2D eigenvalue weighted by Gasteiger charge is 2.15. The van der Waals surface area contributed by atoms with Crippen LogP contribution in [0.15, 0.2) is 34.9 Å². The van der Waals surface area contributed by atoms with Crippen LogP contribution in [0.25, 0.3) is 11.3 Å². The summed E-state index contributed by atoms with van der Waals surface area (Å²) in [5, 5.41) is 15.3. The maximum Gasteiger partial charge on any atom is 0.290 e. The Morgan fingerprint density at radius 1 is 1.42 bits per heavy atom. The van der Waals surface area contributed by atoms with E-state index < -0.39 is 0 Å². The van der Waals surface area contributed by atoms with Crippen LogP contribution in [-0.4, -0.2) is 28.8 Å². The summed E-state index contributed by atoms with van der Waals surface area (Å²) in [5.74, 6) is -0.247. The Hall–Kier alpha value is -2.14. The van der Waals surface area contributed by atoms with Crippen LogP contribution in [0, 0.1) is 6.92 Å². The lowest BCUT2D eigenvalue weighted by molar-refractivity contribution is 0.0885. The van der Waals surface area contributed by atoms with Crippen molar-refractivity contribution in [1.29, 1.82) is 0 Å². The number of carbonyl (C=O) groups excluding carboxylic acids is 1. The molecule has 0 saturated carbocycles. The number of benzene rings is 1. The van der Waals surface area contributed by atoms with E-state index in [0.717, 1.165) is 11.1 Å². The van der Waals surface area contributed by atoms with E-state index in [4.69, 9.17) is 9.63 Å². The average Bonchev–Trinajstić information content (AvgIpc) is 2.89. The quantitative estimate of drug-likeness (QED) is 0.878. The molecule has 1 aromatic heterocycles. The summed E-state index contributed by atoms with van der Waals surface area (Å²) in [4.78, 5) is 11.8. The van der Waals surface area contributed by atoms with Gasteiger partial charge in [-0.15, -0.1) is 0 Å². The number of aliphatic hydroxyl groups excluding tert-OH is 1. The molecule has 0 fully saturated rings. The zero-order valence-electron chi connectivity index (χ0n) is 10.9. The van der Waals surface area contributed by atoms with Crippen molar-refractivity contribution in [1.82, 2.24) is 10.5 Å². The summed E-state index contributed by atoms with van der Waals surface area (Å²) < 4.78 is 5.01. The van der Waals surface area contributed by atoms with E-state index in [9.17, 15) is 4.79 Å². The summed E-state index contributed by atoms with van der Waals surface area (Å²) in [6, 6.07) is 9.05. The van der Waals surface area contributed by atoms with Crippen LogP contribution >= 0.6 is 0 Å². The Kier molecular flexibility index (Phi) is 3.97. The van der Waals surface area contributed by atoms with Crippen molar-refractivity contribution < 1.29 is 14.4 Å². The number of hydrogen-bond acceptors (Lipinski definition) is 4. The molecule has 0 bridgehead atoms. The number of hydrogen-bond donors (Lipinski definition) is 2. The fourth-order valence-corrected chi connectivity index (χ4v) is 1.58. The van der Waals surface area contributed by atoms with Crippen LogP contribution in [0.4, 0.5) is 0 Å². The summed E-state index contributed by atoms with van der Waals surface area (Å²) >= 11 is 0. The van der Waals surface area contributed by atoms with Gasteiger partial charge in [0.15, 0.2) is 0 Å². The Balaban J connectivity index is 2.15. The van der Waals surface area contributed by atoms with Crippen LogP contribution in [0.1, 0.15) is 23.0 Å². The molecule has 0 radical (unpaired) electrons. The molecular formula is C14H16N2O3. The normalized spacial score (nSPS) is 12.2. The van der Waals surface area contributed by atoms with E-state index in [2.05, 4.69) is 10.5 Å². The molecule has 100 valence electrons. The van der Waals surface area contributed by atoms with Gasteiger partial charge in [0, 0.05) is 17.7 Å². The highest BCUT2D eigenvalue weighted by molar-refractivity contribution is 5.92. The lowest BCUT2D eigenvalue weighted by Crippen LogP contribution is -2.34. The van der Waals surface area contributed by atoms with Gasteiger partial charge in [-0.05, 0) is 13.8 Å². The minimum atomic E-state index is -0.382. The minimum absolute atomic E-state index is 0.120. The zero-order chi connectivity index (χ0) is 13.8. The molecule has 5 nitrogen and oxygen atoms in total. The summed E-state index contributed by atoms with van der Waals surface area (Å²) in [6.45, 7) is 3.58. The second kappa shape index (κ2) is 5.67. The Labute approximate surface area is 111 Å². The predicted molar refractivity (Wildman–Crippen MR) is 70.7 cm³/mol. The number of aliphatic hydroxyl groups is 1. The lowest BCUT2D eigenvalue weighted by Gasteiger charge is -2.07. The van der Waals surface area contributed by atoms with Crippen molar-refractivity contribution in [2.75, 3.05) is 6.61 Å². The number of aromatic nitrogens is 1. The fraction of sp³-hybridized carbons (Fsp3) is 0.286. The zero-order valence-corrected chi connectivity index (χ0v) is 10.9. The summed E-state index contributed by atoms with van der Waals surface area (Å²) in [7, 11) is 0. The van der Waals surface area contributed by atoms with Gasteiger partial charge in [0.05, 0.1) is 6.61 Å². The number of nitrogens with zero attached hydrogens (tertiary/aromatic N) is 1. The highest BCUT2D eigenvalue weighted by atomic mass is 16.5. The number of nitrogens with one attached hydrogen (secondary N) is 1. The minimum Gasteiger partial charge on any atom is -0.394 e. The monoisotopic (exact) mass is 260 g/mol. The van der Waals surface area contributed by atoms with E-state index in [0.29, 0.717) is 5.69 Å². The molecule has 2 rings (SSSR count). The van der Waals surface area contributed by atoms with Gasteiger partial charge in [0.2, 0.25) is 5.76 Å². The molecular weight excluding hydrogens is 244 g/mol. The molecule has 1 unspecified atom stereocenters. The van der Waals surface area contributed by atoms with Crippen LogP contribution < -0.4 is 5.32 Å². The Bertz CT molecular complexity index is 560. The molecule has 0 saturated heterocycles. The number of amides is 1. The number of rotatable bonds is 4. The third kappa shape index (κ3) is 3.20. The third-order valence-electron chi connectivity index (χ3n) is 2.73.